The molecule has 0 bridgehead atoms. The number of hydrogen-bond donors (Lipinski definition) is 1. The summed E-state index contributed by atoms with van der Waals surface area (Å²) < 4.78 is 29.1. The normalized spacial score (nSPS) is 16.9. The molecule has 2 aromatic carbocycles. The molecule has 29 heavy (non-hydrogen) atoms. The van der Waals surface area contributed by atoms with Gasteiger partial charge in [-0.25, -0.2) is 18.4 Å². The maximum absolute atomic E-state index is 11.9. The number of ether oxygens (including phenoxy) is 1. The van der Waals surface area contributed by atoms with Crippen LogP contribution in [0.15, 0.2) is 53.7 Å². The highest BCUT2D eigenvalue weighted by Gasteiger charge is 2.23. The standard InChI is InChI=1S/C21H24N4O3S/c1-28-17-5-3-4-16(10-17)25-9-8-15(13-25)12-22-21-19-11-18(29(2,26)27)6-7-20(19)23-14-24-21/h3-7,10-11,14-15H,8-9,12-13H2,1-2H3,(H,22,23,24). The fourth-order valence-corrected chi connectivity index (χ4v) is 4.34. The van der Waals surface area contributed by atoms with Gasteiger partial charge in [0.15, 0.2) is 9.84 Å². The number of benzene rings is 2. The summed E-state index contributed by atoms with van der Waals surface area (Å²) in [5.74, 6) is 1.99. The van der Waals surface area contributed by atoms with Crippen LogP contribution in [0.3, 0.4) is 0 Å². The monoisotopic (exact) mass is 412 g/mol. The van der Waals surface area contributed by atoms with Gasteiger partial charge in [0, 0.05) is 43.0 Å². The van der Waals surface area contributed by atoms with Gasteiger partial charge in [-0.2, -0.15) is 0 Å². The van der Waals surface area contributed by atoms with Crippen LogP contribution in [-0.4, -0.2) is 51.4 Å². The molecule has 0 radical (unpaired) electrons. The molecule has 152 valence electrons. The van der Waals surface area contributed by atoms with Crippen LogP contribution >= 0.6 is 0 Å². The van der Waals surface area contributed by atoms with Crippen molar-refractivity contribution in [3.05, 3.63) is 48.8 Å². The second-order valence-electron chi connectivity index (χ2n) is 7.36. The van der Waals surface area contributed by atoms with Crippen LogP contribution in [-0.2, 0) is 9.84 Å². The molecule has 3 aromatic rings. The van der Waals surface area contributed by atoms with E-state index in [1.54, 1.807) is 25.3 Å². The van der Waals surface area contributed by atoms with Crippen LogP contribution in [0.5, 0.6) is 5.75 Å². The number of aromatic nitrogens is 2. The summed E-state index contributed by atoms with van der Waals surface area (Å²) in [6, 6.07) is 13.1. The Morgan fingerprint density at radius 1 is 1.21 bits per heavy atom. The van der Waals surface area contributed by atoms with E-state index in [1.165, 1.54) is 12.6 Å². The molecule has 1 aromatic heterocycles. The fourth-order valence-electron chi connectivity index (χ4n) is 3.69. The number of nitrogens with zero attached hydrogens (tertiary/aromatic N) is 3. The maximum atomic E-state index is 11.9. The number of rotatable bonds is 6. The van der Waals surface area contributed by atoms with Gasteiger partial charge in [-0.1, -0.05) is 6.07 Å². The van der Waals surface area contributed by atoms with Gasteiger partial charge in [-0.15, -0.1) is 0 Å². The summed E-state index contributed by atoms with van der Waals surface area (Å²) in [5.41, 5.74) is 1.89. The van der Waals surface area contributed by atoms with Crippen LogP contribution in [0, 0.1) is 5.92 Å². The zero-order valence-electron chi connectivity index (χ0n) is 16.5. The number of nitrogens with one attached hydrogen (secondary N) is 1. The fraction of sp³-hybridized carbons (Fsp3) is 0.333. The molecule has 1 N–H and O–H groups in total. The number of sulfone groups is 1. The van der Waals surface area contributed by atoms with Crippen molar-refractivity contribution in [1.82, 2.24) is 9.97 Å². The molecule has 1 aliphatic heterocycles. The van der Waals surface area contributed by atoms with E-state index >= 15 is 0 Å². The highest BCUT2D eigenvalue weighted by molar-refractivity contribution is 7.90. The Labute approximate surface area is 170 Å². The van der Waals surface area contributed by atoms with Crippen molar-refractivity contribution in [3.8, 4) is 5.75 Å². The predicted octanol–water partition coefficient (Wildman–Crippen LogP) is 2.98. The third kappa shape index (κ3) is 4.27. The van der Waals surface area contributed by atoms with E-state index in [-0.39, 0.29) is 4.90 Å². The van der Waals surface area contributed by atoms with Crippen molar-refractivity contribution in [3.63, 3.8) is 0 Å². The second-order valence-corrected chi connectivity index (χ2v) is 9.37. The topological polar surface area (TPSA) is 84.4 Å². The molecule has 1 atom stereocenters. The van der Waals surface area contributed by atoms with Gasteiger partial charge in [0.2, 0.25) is 0 Å². The molecular weight excluding hydrogens is 388 g/mol. The van der Waals surface area contributed by atoms with E-state index in [9.17, 15) is 8.42 Å². The summed E-state index contributed by atoms with van der Waals surface area (Å²) in [7, 11) is -1.61. The molecule has 1 unspecified atom stereocenters. The Morgan fingerprint density at radius 3 is 2.86 bits per heavy atom. The van der Waals surface area contributed by atoms with Crippen molar-refractivity contribution in [2.45, 2.75) is 11.3 Å². The number of methoxy groups -OCH3 is 1. The second kappa shape index (κ2) is 7.87. The molecule has 0 aliphatic carbocycles. The largest absolute Gasteiger partial charge is 0.497 e. The maximum Gasteiger partial charge on any atom is 0.175 e. The smallest absolute Gasteiger partial charge is 0.175 e. The van der Waals surface area contributed by atoms with Crippen LogP contribution in [0.2, 0.25) is 0 Å². The molecule has 2 heterocycles. The lowest BCUT2D eigenvalue weighted by Crippen LogP contribution is -2.22. The summed E-state index contributed by atoms with van der Waals surface area (Å²) in [6.07, 6.45) is 3.78. The zero-order chi connectivity index (χ0) is 20.4. The van der Waals surface area contributed by atoms with Crippen LogP contribution in [0.1, 0.15) is 6.42 Å². The van der Waals surface area contributed by atoms with E-state index in [4.69, 9.17) is 4.74 Å². The van der Waals surface area contributed by atoms with Gasteiger partial charge < -0.3 is 15.0 Å². The van der Waals surface area contributed by atoms with Crippen LogP contribution in [0.4, 0.5) is 11.5 Å². The summed E-state index contributed by atoms with van der Waals surface area (Å²) in [6.45, 7) is 2.69. The van der Waals surface area contributed by atoms with Crippen molar-refractivity contribution >= 4 is 32.2 Å². The predicted molar refractivity (Wildman–Crippen MR) is 114 cm³/mol. The highest BCUT2D eigenvalue weighted by Crippen LogP contribution is 2.28. The summed E-state index contributed by atoms with van der Waals surface area (Å²) in [5, 5.41) is 4.13. The Kier molecular flexibility index (Phi) is 5.27. The van der Waals surface area contributed by atoms with E-state index in [0.717, 1.165) is 48.4 Å². The third-order valence-electron chi connectivity index (χ3n) is 5.30. The molecule has 0 spiro atoms. The Bertz CT molecular complexity index is 1130. The first-order chi connectivity index (χ1) is 13.9. The lowest BCUT2D eigenvalue weighted by molar-refractivity contribution is 0.415. The van der Waals surface area contributed by atoms with Crippen molar-refractivity contribution in [1.29, 1.82) is 0 Å². The molecule has 0 amide bonds. The molecule has 0 saturated carbocycles. The quantitative estimate of drug-likeness (QED) is 0.666. The molecule has 7 nitrogen and oxygen atoms in total. The molecule has 1 fully saturated rings. The number of anilines is 2. The molecular formula is C21H24N4O3S. The van der Waals surface area contributed by atoms with Gasteiger partial charge in [-0.3, -0.25) is 0 Å². The van der Waals surface area contributed by atoms with Crippen LogP contribution < -0.4 is 15.0 Å². The first-order valence-corrected chi connectivity index (χ1v) is 11.4. The van der Waals surface area contributed by atoms with E-state index in [2.05, 4.69) is 32.3 Å². The third-order valence-corrected chi connectivity index (χ3v) is 6.41. The minimum Gasteiger partial charge on any atom is -0.497 e. The van der Waals surface area contributed by atoms with E-state index in [0.29, 0.717) is 11.7 Å². The van der Waals surface area contributed by atoms with Gasteiger partial charge in [-0.05, 0) is 42.7 Å². The molecule has 8 heteroatoms. The van der Waals surface area contributed by atoms with Gasteiger partial charge >= 0.3 is 0 Å². The Hall–Kier alpha value is -2.87. The van der Waals surface area contributed by atoms with E-state index in [1.807, 2.05) is 12.1 Å². The first kappa shape index (κ1) is 19.4. The Morgan fingerprint density at radius 2 is 2.07 bits per heavy atom. The number of fused-ring (bicyclic) bond motifs is 1. The van der Waals surface area contributed by atoms with Crippen LogP contribution in [0.25, 0.3) is 10.9 Å². The average molecular weight is 413 g/mol. The molecule has 1 saturated heterocycles. The van der Waals surface area contributed by atoms with Crippen molar-refractivity contribution in [2.24, 2.45) is 5.92 Å². The van der Waals surface area contributed by atoms with E-state index < -0.39 is 9.84 Å². The van der Waals surface area contributed by atoms with Crippen molar-refractivity contribution < 1.29 is 13.2 Å². The molecule has 1 aliphatic rings. The lowest BCUT2D eigenvalue weighted by atomic mass is 10.1. The molecule has 4 rings (SSSR count). The minimum atomic E-state index is -3.29. The zero-order valence-corrected chi connectivity index (χ0v) is 17.3. The minimum absolute atomic E-state index is 0.271. The van der Waals surface area contributed by atoms with Gasteiger partial charge in [0.1, 0.15) is 17.9 Å². The summed E-state index contributed by atoms with van der Waals surface area (Å²) >= 11 is 0. The lowest BCUT2D eigenvalue weighted by Gasteiger charge is -2.19. The van der Waals surface area contributed by atoms with Crippen molar-refractivity contribution in [2.75, 3.05) is 43.2 Å². The average Bonchev–Trinajstić information content (AvgIpc) is 3.20. The van der Waals surface area contributed by atoms with Gasteiger partial charge in [0.05, 0.1) is 17.5 Å². The SMILES string of the molecule is COc1cccc(N2CCC(CNc3ncnc4ccc(S(C)(=O)=O)cc34)C2)c1. The summed E-state index contributed by atoms with van der Waals surface area (Å²) in [4.78, 5) is 11.2. The Balaban J connectivity index is 1.47. The highest BCUT2D eigenvalue weighted by atomic mass is 32.2. The first-order valence-electron chi connectivity index (χ1n) is 9.52. The number of hydrogen-bond acceptors (Lipinski definition) is 7. The van der Waals surface area contributed by atoms with Gasteiger partial charge in [0.25, 0.3) is 0 Å².